The van der Waals surface area contributed by atoms with Gasteiger partial charge in [-0.2, -0.15) is 11.8 Å². The molecule has 0 spiro atoms. The van der Waals surface area contributed by atoms with E-state index in [9.17, 15) is 19.8 Å². The van der Waals surface area contributed by atoms with E-state index in [-0.39, 0.29) is 17.1 Å². The van der Waals surface area contributed by atoms with Crippen LogP contribution in [-0.4, -0.2) is 56.2 Å². The topological polar surface area (TPSA) is 98.1 Å². The van der Waals surface area contributed by atoms with Gasteiger partial charge in [-0.3, -0.25) is 4.79 Å². The molecule has 0 saturated carbocycles. The number of aliphatic carboxylic acids is 1. The zero-order valence-corrected chi connectivity index (χ0v) is 10.8. The van der Waals surface area contributed by atoms with Gasteiger partial charge in [0.25, 0.3) is 5.91 Å². The average molecular weight is 283 g/mol. The lowest BCUT2D eigenvalue weighted by Gasteiger charge is -2.32. The summed E-state index contributed by atoms with van der Waals surface area (Å²) in [4.78, 5) is 24.6. The van der Waals surface area contributed by atoms with E-state index in [4.69, 9.17) is 5.11 Å². The Balaban J connectivity index is 2.28. The molecule has 6 nitrogen and oxygen atoms in total. The number of phenolic OH excluding ortho intramolecular Hbond substituents is 2. The summed E-state index contributed by atoms with van der Waals surface area (Å²) >= 11 is 1.48. The van der Waals surface area contributed by atoms with Crippen LogP contribution in [0.4, 0.5) is 0 Å². The Labute approximate surface area is 113 Å². The van der Waals surface area contributed by atoms with E-state index in [2.05, 4.69) is 0 Å². The number of carboxylic acids is 1. The number of thioether (sulfide) groups is 1. The number of carbonyl (C=O) groups excluding carboxylic acids is 1. The van der Waals surface area contributed by atoms with E-state index in [0.29, 0.717) is 18.1 Å². The van der Waals surface area contributed by atoms with Crippen molar-refractivity contribution < 1.29 is 24.9 Å². The molecule has 2 rings (SSSR count). The van der Waals surface area contributed by atoms with Crippen molar-refractivity contribution in [3.63, 3.8) is 0 Å². The Morgan fingerprint density at radius 3 is 2.42 bits per heavy atom. The van der Waals surface area contributed by atoms with Gasteiger partial charge in [0.05, 0.1) is 0 Å². The highest BCUT2D eigenvalue weighted by molar-refractivity contribution is 7.99. The van der Waals surface area contributed by atoms with E-state index in [1.807, 2.05) is 0 Å². The molecule has 0 aromatic heterocycles. The van der Waals surface area contributed by atoms with Gasteiger partial charge in [0.15, 0.2) is 0 Å². The van der Waals surface area contributed by atoms with Crippen LogP contribution in [-0.2, 0) is 4.79 Å². The minimum Gasteiger partial charge on any atom is -0.508 e. The van der Waals surface area contributed by atoms with Gasteiger partial charge in [0.2, 0.25) is 0 Å². The van der Waals surface area contributed by atoms with Crippen LogP contribution in [0.1, 0.15) is 10.4 Å². The van der Waals surface area contributed by atoms with Gasteiger partial charge >= 0.3 is 5.97 Å². The first-order chi connectivity index (χ1) is 8.99. The summed E-state index contributed by atoms with van der Waals surface area (Å²) in [7, 11) is 0. The quantitative estimate of drug-likeness (QED) is 0.740. The van der Waals surface area contributed by atoms with Crippen molar-refractivity contribution >= 4 is 23.6 Å². The molecule has 1 amide bonds. The molecule has 7 heteroatoms. The highest BCUT2D eigenvalue weighted by atomic mass is 32.2. The van der Waals surface area contributed by atoms with Crippen molar-refractivity contribution in [3.05, 3.63) is 23.8 Å². The number of carbonyl (C=O) groups is 2. The summed E-state index contributed by atoms with van der Waals surface area (Å²) < 4.78 is 0. The van der Waals surface area contributed by atoms with Crippen molar-refractivity contribution in [2.75, 3.05) is 18.1 Å². The molecule has 0 radical (unpaired) electrons. The second-order valence-electron chi connectivity index (χ2n) is 4.17. The predicted octanol–water partition coefficient (Wildman–Crippen LogP) is 0.740. The lowest BCUT2D eigenvalue weighted by molar-refractivity contribution is -0.141. The number of phenols is 2. The van der Waals surface area contributed by atoms with Crippen LogP contribution in [0.2, 0.25) is 0 Å². The molecule has 19 heavy (non-hydrogen) atoms. The molecule has 1 aromatic carbocycles. The third-order valence-electron chi connectivity index (χ3n) is 2.82. The summed E-state index contributed by atoms with van der Waals surface area (Å²) in [5.41, 5.74) is 0.0793. The molecule has 1 atom stereocenters. The monoisotopic (exact) mass is 283 g/mol. The first-order valence-electron chi connectivity index (χ1n) is 5.63. The number of amides is 1. The third kappa shape index (κ3) is 2.93. The first-order valence-corrected chi connectivity index (χ1v) is 6.79. The van der Waals surface area contributed by atoms with Gasteiger partial charge in [-0.15, -0.1) is 0 Å². The van der Waals surface area contributed by atoms with E-state index in [1.54, 1.807) is 0 Å². The number of aromatic hydroxyl groups is 2. The maximum Gasteiger partial charge on any atom is 0.327 e. The number of benzene rings is 1. The van der Waals surface area contributed by atoms with Crippen molar-refractivity contribution in [2.24, 2.45) is 0 Å². The third-order valence-corrected chi connectivity index (χ3v) is 3.85. The first kappa shape index (κ1) is 13.5. The Kier molecular flexibility index (Phi) is 3.84. The molecule has 3 N–H and O–H groups in total. The highest BCUT2D eigenvalue weighted by Gasteiger charge is 2.33. The molecule has 1 aromatic rings. The number of carboxylic acid groups (broad SMARTS) is 1. The van der Waals surface area contributed by atoms with Crippen molar-refractivity contribution in [3.8, 4) is 11.5 Å². The lowest BCUT2D eigenvalue weighted by Crippen LogP contribution is -2.50. The molecule has 1 heterocycles. The second kappa shape index (κ2) is 5.40. The highest BCUT2D eigenvalue weighted by Crippen LogP contribution is 2.24. The van der Waals surface area contributed by atoms with Crippen LogP contribution in [0, 0.1) is 0 Å². The van der Waals surface area contributed by atoms with E-state index in [1.165, 1.54) is 28.8 Å². The van der Waals surface area contributed by atoms with Gasteiger partial charge in [-0.25, -0.2) is 4.79 Å². The minimum absolute atomic E-state index is 0.0793. The molecule has 0 bridgehead atoms. The lowest BCUT2D eigenvalue weighted by atomic mass is 10.1. The fourth-order valence-corrected chi connectivity index (χ4v) is 2.97. The Morgan fingerprint density at radius 2 is 1.84 bits per heavy atom. The molecule has 0 aliphatic carbocycles. The van der Waals surface area contributed by atoms with Crippen LogP contribution in [0.25, 0.3) is 0 Å². The van der Waals surface area contributed by atoms with Crippen molar-refractivity contribution in [2.45, 2.75) is 6.04 Å². The zero-order valence-electron chi connectivity index (χ0n) is 9.94. The maximum absolute atomic E-state index is 12.3. The fourth-order valence-electron chi connectivity index (χ4n) is 1.94. The van der Waals surface area contributed by atoms with Crippen LogP contribution in [0.5, 0.6) is 11.5 Å². The van der Waals surface area contributed by atoms with Gasteiger partial charge < -0.3 is 20.2 Å². The smallest absolute Gasteiger partial charge is 0.327 e. The van der Waals surface area contributed by atoms with Crippen LogP contribution in [0.15, 0.2) is 18.2 Å². The van der Waals surface area contributed by atoms with Crippen LogP contribution < -0.4 is 0 Å². The zero-order chi connectivity index (χ0) is 14.0. The molecule has 1 aliphatic heterocycles. The number of hydrogen-bond donors (Lipinski definition) is 3. The Hall–Kier alpha value is -1.89. The van der Waals surface area contributed by atoms with Crippen molar-refractivity contribution in [1.82, 2.24) is 4.90 Å². The van der Waals surface area contributed by atoms with Crippen molar-refractivity contribution in [1.29, 1.82) is 0 Å². The Bertz CT molecular complexity index is 499. The summed E-state index contributed by atoms with van der Waals surface area (Å²) in [6.45, 7) is 0.330. The Morgan fingerprint density at radius 1 is 1.21 bits per heavy atom. The van der Waals surface area contributed by atoms with Crippen LogP contribution in [0.3, 0.4) is 0 Å². The van der Waals surface area contributed by atoms with Crippen LogP contribution >= 0.6 is 11.8 Å². The van der Waals surface area contributed by atoms with Gasteiger partial charge in [-0.1, -0.05) is 0 Å². The molecule has 1 aliphatic rings. The van der Waals surface area contributed by atoms with E-state index in [0.717, 1.165) is 6.07 Å². The molecular weight excluding hydrogens is 270 g/mol. The van der Waals surface area contributed by atoms with Gasteiger partial charge in [-0.05, 0) is 12.1 Å². The molecule has 1 unspecified atom stereocenters. The molecule has 1 saturated heterocycles. The maximum atomic E-state index is 12.3. The normalized spacial score (nSPS) is 19.2. The number of rotatable bonds is 2. The summed E-state index contributed by atoms with van der Waals surface area (Å²) in [5, 5.41) is 27.8. The standard InChI is InChI=1S/C12H13NO5S/c14-8-3-7(4-9(15)5-8)11(16)13-1-2-19-6-10(13)12(17)18/h3-5,10,14-15H,1-2,6H2,(H,17,18). The minimum atomic E-state index is -1.05. The van der Waals surface area contributed by atoms with E-state index < -0.39 is 17.9 Å². The average Bonchev–Trinajstić information content (AvgIpc) is 2.36. The SMILES string of the molecule is O=C(O)C1CSCCN1C(=O)c1cc(O)cc(O)c1. The number of nitrogens with zero attached hydrogens (tertiary/aromatic N) is 1. The summed E-state index contributed by atoms with van der Waals surface area (Å²) in [6.07, 6.45) is 0. The molecular formula is C12H13NO5S. The molecule has 1 fully saturated rings. The van der Waals surface area contributed by atoms with Gasteiger partial charge in [0, 0.05) is 29.7 Å². The fraction of sp³-hybridized carbons (Fsp3) is 0.333. The number of hydrogen-bond acceptors (Lipinski definition) is 5. The summed E-state index contributed by atoms with van der Waals surface area (Å²) in [5.74, 6) is -1.02. The van der Waals surface area contributed by atoms with Gasteiger partial charge in [0.1, 0.15) is 17.5 Å². The predicted molar refractivity (Wildman–Crippen MR) is 69.6 cm³/mol. The molecule has 102 valence electrons. The second-order valence-corrected chi connectivity index (χ2v) is 5.32. The largest absolute Gasteiger partial charge is 0.508 e. The van der Waals surface area contributed by atoms with E-state index >= 15 is 0 Å². The summed E-state index contributed by atoms with van der Waals surface area (Å²) in [6, 6.07) is 2.65.